The highest BCUT2D eigenvalue weighted by Gasteiger charge is 2.05. The van der Waals surface area contributed by atoms with E-state index < -0.39 is 0 Å². The Morgan fingerprint density at radius 2 is 1.89 bits per heavy atom. The molecule has 0 aliphatic carbocycles. The van der Waals surface area contributed by atoms with Gasteiger partial charge in [-0.1, -0.05) is 0 Å². The summed E-state index contributed by atoms with van der Waals surface area (Å²) >= 11 is 3.69. The third-order valence-corrected chi connectivity index (χ3v) is 4.84. The number of furan rings is 1. The molecule has 3 heterocycles. The Morgan fingerprint density at radius 3 is 2.61 bits per heavy atom. The quantitative estimate of drug-likeness (QED) is 0.660. The average Bonchev–Trinajstić information content (AvgIpc) is 3.04. The van der Waals surface area contributed by atoms with Crippen molar-refractivity contribution in [3.8, 4) is 0 Å². The van der Waals surface area contributed by atoms with E-state index in [2.05, 4.69) is 29.8 Å². The second-order valence-electron chi connectivity index (χ2n) is 4.44. The largest absolute Gasteiger partial charge is 0.469 e. The van der Waals surface area contributed by atoms with Crippen LogP contribution in [0.25, 0.3) is 0 Å². The van der Waals surface area contributed by atoms with Crippen LogP contribution >= 0.6 is 22.7 Å². The van der Waals surface area contributed by atoms with Gasteiger partial charge in [-0.3, -0.25) is 0 Å². The van der Waals surface area contributed by atoms with Gasteiger partial charge in [0.25, 0.3) is 0 Å². The molecular weight excluding hydrogens is 260 g/mol. The molecule has 0 aromatic carbocycles. The van der Waals surface area contributed by atoms with Gasteiger partial charge >= 0.3 is 0 Å². The minimum absolute atomic E-state index is 0.896. The Bertz CT molecular complexity index is 617. The molecule has 0 fully saturated rings. The summed E-state index contributed by atoms with van der Waals surface area (Å²) in [5.41, 5.74) is 2.71. The Labute approximate surface area is 115 Å². The van der Waals surface area contributed by atoms with E-state index in [9.17, 15) is 0 Å². The van der Waals surface area contributed by atoms with Crippen LogP contribution in [0.5, 0.6) is 0 Å². The number of aryl methyl sites for hydroxylation is 1. The smallest absolute Gasteiger partial charge is 0.108 e. The van der Waals surface area contributed by atoms with Gasteiger partial charge in [0.2, 0.25) is 0 Å². The van der Waals surface area contributed by atoms with E-state index in [-0.39, 0.29) is 0 Å². The van der Waals surface area contributed by atoms with Crippen molar-refractivity contribution >= 4 is 22.7 Å². The first-order valence-electron chi connectivity index (χ1n) is 5.92. The van der Waals surface area contributed by atoms with Crippen LogP contribution < -0.4 is 0 Å². The SMILES string of the molecule is Cc1csc(Cc2cc(Cc3ccco3)cs2)c1. The van der Waals surface area contributed by atoms with Gasteiger partial charge in [-0.05, 0) is 53.1 Å². The zero-order chi connectivity index (χ0) is 12.4. The summed E-state index contributed by atoms with van der Waals surface area (Å²) < 4.78 is 5.37. The lowest BCUT2D eigenvalue weighted by molar-refractivity contribution is 0.521. The highest BCUT2D eigenvalue weighted by Crippen LogP contribution is 2.24. The fraction of sp³-hybridized carbons (Fsp3) is 0.200. The molecule has 0 spiro atoms. The molecule has 3 heteroatoms. The van der Waals surface area contributed by atoms with Gasteiger partial charge in [0, 0.05) is 22.6 Å². The normalized spacial score (nSPS) is 10.9. The highest BCUT2D eigenvalue weighted by molar-refractivity contribution is 7.11. The van der Waals surface area contributed by atoms with Crippen molar-refractivity contribution in [2.75, 3.05) is 0 Å². The second-order valence-corrected chi connectivity index (χ2v) is 6.44. The van der Waals surface area contributed by atoms with Gasteiger partial charge in [0.05, 0.1) is 6.26 Å². The van der Waals surface area contributed by atoms with Crippen LogP contribution in [0.2, 0.25) is 0 Å². The van der Waals surface area contributed by atoms with E-state index in [0.717, 1.165) is 18.6 Å². The van der Waals surface area contributed by atoms with Gasteiger partial charge in [-0.25, -0.2) is 0 Å². The minimum atomic E-state index is 0.896. The molecule has 0 saturated carbocycles. The van der Waals surface area contributed by atoms with Crippen LogP contribution in [0.4, 0.5) is 0 Å². The summed E-state index contributed by atoms with van der Waals surface area (Å²) in [5, 5.41) is 4.45. The minimum Gasteiger partial charge on any atom is -0.469 e. The lowest BCUT2D eigenvalue weighted by Crippen LogP contribution is -1.82. The predicted octanol–water partition coefficient (Wildman–Crippen LogP) is 4.89. The molecule has 0 saturated heterocycles. The average molecular weight is 274 g/mol. The maximum Gasteiger partial charge on any atom is 0.108 e. The lowest BCUT2D eigenvalue weighted by Gasteiger charge is -1.93. The zero-order valence-corrected chi connectivity index (χ0v) is 11.8. The van der Waals surface area contributed by atoms with Crippen molar-refractivity contribution in [2.45, 2.75) is 19.8 Å². The molecule has 0 bridgehead atoms. The second kappa shape index (κ2) is 5.12. The lowest BCUT2D eigenvalue weighted by atomic mass is 10.2. The Morgan fingerprint density at radius 1 is 1.06 bits per heavy atom. The summed E-state index contributed by atoms with van der Waals surface area (Å²) in [6, 6.07) is 8.54. The van der Waals surface area contributed by atoms with E-state index in [0.29, 0.717) is 0 Å². The first-order chi connectivity index (χ1) is 8.79. The fourth-order valence-electron chi connectivity index (χ4n) is 1.98. The van der Waals surface area contributed by atoms with E-state index in [4.69, 9.17) is 4.42 Å². The van der Waals surface area contributed by atoms with Crippen LogP contribution in [-0.4, -0.2) is 0 Å². The maximum atomic E-state index is 5.37. The third-order valence-electron chi connectivity index (χ3n) is 2.80. The number of hydrogen-bond donors (Lipinski definition) is 0. The summed E-state index contributed by atoms with van der Waals surface area (Å²) in [5.74, 6) is 1.03. The van der Waals surface area contributed by atoms with Gasteiger partial charge in [0.1, 0.15) is 5.76 Å². The highest BCUT2D eigenvalue weighted by atomic mass is 32.1. The molecular formula is C15H14OS2. The van der Waals surface area contributed by atoms with Crippen molar-refractivity contribution in [1.82, 2.24) is 0 Å². The Balaban J connectivity index is 1.69. The van der Waals surface area contributed by atoms with Gasteiger partial charge in [-0.15, -0.1) is 22.7 Å². The predicted molar refractivity (Wildman–Crippen MR) is 77.7 cm³/mol. The number of thiophene rings is 2. The maximum absolute atomic E-state index is 5.37. The van der Waals surface area contributed by atoms with Crippen molar-refractivity contribution in [3.63, 3.8) is 0 Å². The molecule has 0 radical (unpaired) electrons. The molecule has 3 aromatic heterocycles. The first kappa shape index (κ1) is 11.8. The molecule has 3 rings (SSSR count). The molecule has 0 amide bonds. The first-order valence-corrected chi connectivity index (χ1v) is 7.68. The van der Waals surface area contributed by atoms with E-state index in [1.54, 1.807) is 6.26 Å². The standard InChI is InChI=1S/C15H14OS2/c1-11-5-14(17-9-11)8-15-7-12(10-18-15)6-13-3-2-4-16-13/h2-5,7,9-10H,6,8H2,1H3. The van der Waals surface area contributed by atoms with Gasteiger partial charge in [-0.2, -0.15) is 0 Å². The van der Waals surface area contributed by atoms with Crippen LogP contribution in [0.15, 0.2) is 45.7 Å². The van der Waals surface area contributed by atoms with Crippen LogP contribution in [0, 0.1) is 6.92 Å². The van der Waals surface area contributed by atoms with Gasteiger partial charge < -0.3 is 4.42 Å². The van der Waals surface area contributed by atoms with Crippen molar-refractivity contribution in [3.05, 3.63) is 67.9 Å². The van der Waals surface area contributed by atoms with Crippen molar-refractivity contribution < 1.29 is 4.42 Å². The van der Waals surface area contributed by atoms with E-state index >= 15 is 0 Å². The number of rotatable bonds is 4. The Hall–Kier alpha value is -1.32. The van der Waals surface area contributed by atoms with Crippen molar-refractivity contribution in [1.29, 1.82) is 0 Å². The zero-order valence-electron chi connectivity index (χ0n) is 10.2. The van der Waals surface area contributed by atoms with Crippen LogP contribution in [0.3, 0.4) is 0 Å². The summed E-state index contributed by atoms with van der Waals surface area (Å²) in [4.78, 5) is 2.87. The molecule has 0 unspecified atom stereocenters. The molecule has 0 atom stereocenters. The van der Waals surface area contributed by atoms with E-state index in [1.807, 2.05) is 34.8 Å². The summed E-state index contributed by atoms with van der Waals surface area (Å²) in [6.45, 7) is 2.15. The molecule has 0 N–H and O–H groups in total. The van der Waals surface area contributed by atoms with Crippen LogP contribution in [-0.2, 0) is 12.8 Å². The van der Waals surface area contributed by atoms with Gasteiger partial charge in [0.15, 0.2) is 0 Å². The molecule has 18 heavy (non-hydrogen) atoms. The molecule has 3 aromatic rings. The van der Waals surface area contributed by atoms with E-state index in [1.165, 1.54) is 20.9 Å². The molecule has 0 aliphatic rings. The molecule has 92 valence electrons. The number of hydrogen-bond acceptors (Lipinski definition) is 3. The molecule has 1 nitrogen and oxygen atoms in total. The van der Waals surface area contributed by atoms with Crippen LogP contribution in [0.1, 0.15) is 26.6 Å². The Kier molecular flexibility index (Phi) is 3.35. The summed E-state index contributed by atoms with van der Waals surface area (Å²) in [6.07, 6.45) is 3.69. The topological polar surface area (TPSA) is 13.1 Å². The van der Waals surface area contributed by atoms with Crippen molar-refractivity contribution in [2.24, 2.45) is 0 Å². The molecule has 0 aliphatic heterocycles. The fourth-order valence-corrected chi connectivity index (χ4v) is 3.88. The third kappa shape index (κ3) is 2.74. The monoisotopic (exact) mass is 274 g/mol. The summed E-state index contributed by atoms with van der Waals surface area (Å²) in [7, 11) is 0.